The lowest BCUT2D eigenvalue weighted by Crippen LogP contribution is -2.22. The van der Waals surface area contributed by atoms with Crippen molar-refractivity contribution in [2.45, 2.75) is 12.5 Å². The maximum absolute atomic E-state index is 11.0. The lowest BCUT2D eigenvalue weighted by Gasteiger charge is -2.13. The third-order valence-corrected chi connectivity index (χ3v) is 2.78. The minimum absolute atomic E-state index is 0.0260. The van der Waals surface area contributed by atoms with Crippen molar-refractivity contribution < 1.29 is 4.79 Å². The lowest BCUT2D eigenvalue weighted by atomic mass is 10.1. The van der Waals surface area contributed by atoms with Crippen molar-refractivity contribution in [2.75, 3.05) is 11.9 Å². The van der Waals surface area contributed by atoms with E-state index in [-0.39, 0.29) is 11.9 Å². The standard InChI is InChI=1S/C11H10ClN3O/c12-9-2-1-3-10(8(9)5-13)15-7-4-11(16)14-6-7/h1-3,7,15H,4,6H2,(H,14,16). The molecule has 16 heavy (non-hydrogen) atoms. The highest BCUT2D eigenvalue weighted by molar-refractivity contribution is 6.32. The van der Waals surface area contributed by atoms with Gasteiger partial charge >= 0.3 is 0 Å². The van der Waals surface area contributed by atoms with Crippen LogP contribution < -0.4 is 10.6 Å². The van der Waals surface area contributed by atoms with Crippen LogP contribution in [-0.2, 0) is 4.79 Å². The second-order valence-corrected chi connectivity index (χ2v) is 4.03. The van der Waals surface area contributed by atoms with Crippen molar-refractivity contribution >= 4 is 23.2 Å². The molecule has 5 heteroatoms. The number of nitrogens with zero attached hydrogens (tertiary/aromatic N) is 1. The predicted octanol–water partition coefficient (Wildman–Crippen LogP) is 1.51. The summed E-state index contributed by atoms with van der Waals surface area (Å²) < 4.78 is 0. The summed E-state index contributed by atoms with van der Waals surface area (Å²) in [5.74, 6) is 0.0260. The molecule has 1 aliphatic heterocycles. The Hall–Kier alpha value is -1.73. The average molecular weight is 236 g/mol. The number of amides is 1. The molecule has 1 fully saturated rings. The van der Waals surface area contributed by atoms with E-state index < -0.39 is 0 Å². The molecule has 2 rings (SSSR count). The number of carbonyl (C=O) groups excluding carboxylic acids is 1. The van der Waals surface area contributed by atoms with Gasteiger partial charge in [0.05, 0.1) is 22.3 Å². The van der Waals surface area contributed by atoms with Crippen LogP contribution in [0, 0.1) is 11.3 Å². The highest BCUT2D eigenvalue weighted by Gasteiger charge is 2.22. The topological polar surface area (TPSA) is 64.9 Å². The first-order valence-electron chi connectivity index (χ1n) is 4.92. The normalized spacial score (nSPS) is 19.0. The van der Waals surface area contributed by atoms with Crippen LogP contribution in [0.25, 0.3) is 0 Å². The molecule has 0 radical (unpaired) electrons. The Morgan fingerprint density at radius 2 is 2.38 bits per heavy atom. The fraction of sp³-hybridized carbons (Fsp3) is 0.273. The highest BCUT2D eigenvalue weighted by Crippen LogP contribution is 2.24. The van der Waals surface area contributed by atoms with Crippen LogP contribution in [0.2, 0.25) is 5.02 Å². The summed E-state index contributed by atoms with van der Waals surface area (Å²) in [7, 11) is 0. The fourth-order valence-electron chi connectivity index (χ4n) is 1.69. The Kier molecular flexibility index (Phi) is 2.97. The van der Waals surface area contributed by atoms with Crippen LogP contribution in [0.1, 0.15) is 12.0 Å². The minimum atomic E-state index is 0.0260. The number of halogens is 1. The van der Waals surface area contributed by atoms with Gasteiger partial charge < -0.3 is 10.6 Å². The zero-order valence-corrected chi connectivity index (χ0v) is 9.21. The van der Waals surface area contributed by atoms with E-state index in [0.717, 1.165) is 0 Å². The molecule has 1 unspecified atom stereocenters. The zero-order valence-electron chi connectivity index (χ0n) is 8.46. The molecule has 2 N–H and O–H groups in total. The summed E-state index contributed by atoms with van der Waals surface area (Å²) in [5.41, 5.74) is 1.10. The monoisotopic (exact) mass is 235 g/mol. The average Bonchev–Trinajstić information content (AvgIpc) is 2.64. The van der Waals surface area contributed by atoms with E-state index in [4.69, 9.17) is 16.9 Å². The largest absolute Gasteiger partial charge is 0.379 e. The second kappa shape index (κ2) is 4.42. The molecule has 0 aliphatic carbocycles. The van der Waals surface area contributed by atoms with Crippen LogP contribution in [0.3, 0.4) is 0 Å². The van der Waals surface area contributed by atoms with E-state index in [1.54, 1.807) is 18.2 Å². The SMILES string of the molecule is N#Cc1c(Cl)cccc1NC1CNC(=O)C1. The fourth-order valence-corrected chi connectivity index (χ4v) is 1.90. The molecule has 0 saturated carbocycles. The lowest BCUT2D eigenvalue weighted by molar-refractivity contribution is -0.119. The van der Waals surface area contributed by atoms with Crippen molar-refractivity contribution in [3.63, 3.8) is 0 Å². The maximum atomic E-state index is 11.0. The number of nitrogens with one attached hydrogen (secondary N) is 2. The van der Waals surface area contributed by atoms with E-state index >= 15 is 0 Å². The van der Waals surface area contributed by atoms with Gasteiger partial charge in [-0.05, 0) is 12.1 Å². The predicted molar refractivity (Wildman–Crippen MR) is 61.2 cm³/mol. The molecule has 1 aromatic rings. The Morgan fingerprint density at radius 3 is 3.00 bits per heavy atom. The van der Waals surface area contributed by atoms with Crippen molar-refractivity contribution in [1.82, 2.24) is 5.32 Å². The van der Waals surface area contributed by atoms with E-state index in [0.29, 0.717) is 29.2 Å². The van der Waals surface area contributed by atoms with Gasteiger partial charge in [0.25, 0.3) is 0 Å². The molecular weight excluding hydrogens is 226 g/mol. The van der Waals surface area contributed by atoms with Crippen LogP contribution in [0.5, 0.6) is 0 Å². The van der Waals surface area contributed by atoms with Gasteiger partial charge in [0, 0.05) is 13.0 Å². The van der Waals surface area contributed by atoms with Gasteiger partial charge in [-0.15, -0.1) is 0 Å². The van der Waals surface area contributed by atoms with E-state index in [1.165, 1.54) is 0 Å². The Morgan fingerprint density at radius 1 is 1.56 bits per heavy atom. The third kappa shape index (κ3) is 2.10. The second-order valence-electron chi connectivity index (χ2n) is 3.62. The molecule has 1 aliphatic rings. The van der Waals surface area contributed by atoms with Crippen LogP contribution >= 0.6 is 11.6 Å². The first-order valence-corrected chi connectivity index (χ1v) is 5.30. The van der Waals surface area contributed by atoms with Crippen molar-refractivity contribution in [3.8, 4) is 6.07 Å². The first kappa shape index (κ1) is 10.8. The van der Waals surface area contributed by atoms with E-state index in [1.807, 2.05) is 6.07 Å². The number of nitriles is 1. The Balaban J connectivity index is 2.19. The summed E-state index contributed by atoms with van der Waals surface area (Å²) in [6.45, 7) is 0.580. The number of anilines is 1. The number of benzene rings is 1. The Bertz CT molecular complexity index is 467. The molecule has 1 amide bonds. The summed E-state index contributed by atoms with van der Waals surface area (Å²) in [6, 6.07) is 7.30. The van der Waals surface area contributed by atoms with Crippen LogP contribution in [0.15, 0.2) is 18.2 Å². The van der Waals surface area contributed by atoms with Gasteiger partial charge in [-0.25, -0.2) is 0 Å². The quantitative estimate of drug-likeness (QED) is 0.817. The molecule has 0 bridgehead atoms. The molecule has 1 atom stereocenters. The number of carbonyl (C=O) groups is 1. The van der Waals surface area contributed by atoms with Crippen molar-refractivity contribution in [3.05, 3.63) is 28.8 Å². The molecule has 0 aromatic heterocycles. The molecule has 0 spiro atoms. The van der Waals surface area contributed by atoms with Gasteiger partial charge in [-0.2, -0.15) is 5.26 Å². The van der Waals surface area contributed by atoms with Gasteiger partial charge in [-0.3, -0.25) is 4.79 Å². The summed E-state index contributed by atoms with van der Waals surface area (Å²) in [5, 5.41) is 15.3. The Labute approximate surface area is 98.2 Å². The molecule has 1 heterocycles. The number of hydrogen-bond acceptors (Lipinski definition) is 3. The molecule has 4 nitrogen and oxygen atoms in total. The first-order chi connectivity index (χ1) is 7.70. The van der Waals surface area contributed by atoms with E-state index in [9.17, 15) is 4.79 Å². The third-order valence-electron chi connectivity index (χ3n) is 2.46. The van der Waals surface area contributed by atoms with Crippen LogP contribution in [0.4, 0.5) is 5.69 Å². The van der Waals surface area contributed by atoms with E-state index in [2.05, 4.69) is 10.6 Å². The smallest absolute Gasteiger partial charge is 0.222 e. The summed E-state index contributed by atoms with van der Waals surface area (Å²) >= 11 is 5.90. The van der Waals surface area contributed by atoms with Gasteiger partial charge in [0.15, 0.2) is 0 Å². The van der Waals surface area contributed by atoms with Gasteiger partial charge in [-0.1, -0.05) is 17.7 Å². The number of hydrogen-bond donors (Lipinski definition) is 2. The molecular formula is C11H10ClN3O. The molecule has 1 saturated heterocycles. The molecule has 1 aromatic carbocycles. The minimum Gasteiger partial charge on any atom is -0.379 e. The number of rotatable bonds is 2. The van der Waals surface area contributed by atoms with Gasteiger partial charge in [0.1, 0.15) is 6.07 Å². The summed E-state index contributed by atoms with van der Waals surface area (Å²) in [4.78, 5) is 11.0. The van der Waals surface area contributed by atoms with Crippen molar-refractivity contribution in [2.24, 2.45) is 0 Å². The van der Waals surface area contributed by atoms with Gasteiger partial charge in [0.2, 0.25) is 5.91 Å². The maximum Gasteiger partial charge on any atom is 0.222 e. The zero-order chi connectivity index (χ0) is 11.5. The highest BCUT2D eigenvalue weighted by atomic mass is 35.5. The molecule has 82 valence electrons. The summed E-state index contributed by atoms with van der Waals surface area (Å²) in [6.07, 6.45) is 0.428. The van der Waals surface area contributed by atoms with Crippen molar-refractivity contribution in [1.29, 1.82) is 5.26 Å². The van der Waals surface area contributed by atoms with Crippen LogP contribution in [-0.4, -0.2) is 18.5 Å².